The van der Waals surface area contributed by atoms with Gasteiger partial charge in [0.05, 0.1) is 23.9 Å². The summed E-state index contributed by atoms with van der Waals surface area (Å²) in [5.41, 5.74) is 2.07. The highest BCUT2D eigenvalue weighted by Crippen LogP contribution is 2.29. The van der Waals surface area contributed by atoms with E-state index in [-0.39, 0.29) is 6.61 Å². The molecule has 9 heteroatoms. The molecule has 34 heavy (non-hydrogen) atoms. The lowest BCUT2D eigenvalue weighted by molar-refractivity contribution is -0.137. The minimum absolute atomic E-state index is 0.263. The predicted molar refractivity (Wildman–Crippen MR) is 118 cm³/mol. The van der Waals surface area contributed by atoms with E-state index in [0.29, 0.717) is 40.0 Å². The van der Waals surface area contributed by atoms with E-state index in [0.717, 1.165) is 23.2 Å². The van der Waals surface area contributed by atoms with Crippen molar-refractivity contribution < 1.29 is 27.5 Å². The molecule has 0 aliphatic heterocycles. The number of hydrogen-bond donors (Lipinski definition) is 1. The summed E-state index contributed by atoms with van der Waals surface area (Å²) >= 11 is 0. The lowest BCUT2D eigenvalue weighted by Gasteiger charge is -2.10. The first kappa shape index (κ1) is 21.6. The molecule has 0 fully saturated rings. The summed E-state index contributed by atoms with van der Waals surface area (Å²) in [5.74, 6) is 0.958. The van der Waals surface area contributed by atoms with E-state index >= 15 is 0 Å². The second-order valence-corrected chi connectivity index (χ2v) is 7.66. The van der Waals surface area contributed by atoms with E-state index in [1.54, 1.807) is 30.6 Å². The van der Waals surface area contributed by atoms with Crippen molar-refractivity contribution >= 4 is 16.5 Å². The fraction of sp³-hybridized carbons (Fsp3) is 0.120. The lowest BCUT2D eigenvalue weighted by Crippen LogP contribution is -2.07. The average molecular weight is 465 g/mol. The molecule has 0 spiro atoms. The number of fused-ring (bicyclic) bond motifs is 2. The van der Waals surface area contributed by atoms with Gasteiger partial charge < -0.3 is 18.8 Å². The second kappa shape index (κ2) is 8.58. The van der Waals surface area contributed by atoms with Gasteiger partial charge in [-0.15, -0.1) is 0 Å². The normalized spacial score (nSPS) is 12.5. The number of rotatable bonds is 5. The van der Waals surface area contributed by atoms with Crippen molar-refractivity contribution in [1.82, 2.24) is 9.38 Å². The van der Waals surface area contributed by atoms with Crippen LogP contribution in [0.25, 0.3) is 27.9 Å². The quantitative estimate of drug-likeness (QED) is 0.268. The van der Waals surface area contributed by atoms with Crippen LogP contribution in [0.5, 0.6) is 5.75 Å². The first-order valence-electron chi connectivity index (χ1n) is 10.4. The van der Waals surface area contributed by atoms with E-state index in [4.69, 9.17) is 9.15 Å². The third kappa shape index (κ3) is 4.32. The van der Waals surface area contributed by atoms with Crippen molar-refractivity contribution in [2.45, 2.75) is 12.6 Å². The van der Waals surface area contributed by atoms with Crippen LogP contribution in [0.15, 0.2) is 88.8 Å². The van der Waals surface area contributed by atoms with Crippen LogP contribution < -0.4 is 10.1 Å². The molecule has 0 saturated heterocycles. The molecule has 0 amide bonds. The number of benzene rings is 2. The molecule has 3 aromatic heterocycles. The van der Waals surface area contributed by atoms with Crippen LogP contribution in [0.1, 0.15) is 11.1 Å². The third-order valence-electron chi connectivity index (χ3n) is 5.43. The number of ether oxygens (including phenoxy) is 1. The van der Waals surface area contributed by atoms with Crippen LogP contribution in [-0.2, 0) is 12.6 Å². The SMILES string of the molecule is ON=c1cc(-c2cc3cccn3cn2)oc2ccc(OCCc3ccc(C(F)(F)F)cc3)cc12. The number of nitrogens with zero attached hydrogens (tertiary/aromatic N) is 3. The molecule has 0 bridgehead atoms. The lowest BCUT2D eigenvalue weighted by atomic mass is 10.1. The number of alkyl halides is 3. The molecule has 0 saturated carbocycles. The molecule has 3 heterocycles. The number of aromatic nitrogens is 2. The summed E-state index contributed by atoms with van der Waals surface area (Å²) in [6.07, 6.45) is -0.360. The maximum atomic E-state index is 12.7. The zero-order valence-corrected chi connectivity index (χ0v) is 17.7. The van der Waals surface area contributed by atoms with E-state index in [2.05, 4.69) is 10.1 Å². The van der Waals surface area contributed by atoms with E-state index in [1.807, 2.05) is 28.8 Å². The molecule has 0 unspecified atom stereocenters. The summed E-state index contributed by atoms with van der Waals surface area (Å²) in [7, 11) is 0. The highest BCUT2D eigenvalue weighted by molar-refractivity contribution is 5.80. The van der Waals surface area contributed by atoms with E-state index in [1.165, 1.54) is 12.1 Å². The first-order valence-corrected chi connectivity index (χ1v) is 10.4. The summed E-state index contributed by atoms with van der Waals surface area (Å²) in [5, 5.41) is 13.8. The molecule has 0 aliphatic rings. The van der Waals surface area contributed by atoms with Crippen molar-refractivity contribution in [1.29, 1.82) is 0 Å². The van der Waals surface area contributed by atoms with Crippen LogP contribution in [0.2, 0.25) is 0 Å². The third-order valence-corrected chi connectivity index (χ3v) is 5.43. The van der Waals surface area contributed by atoms with Crippen LogP contribution in [0.3, 0.4) is 0 Å². The highest BCUT2D eigenvalue weighted by Gasteiger charge is 2.29. The van der Waals surface area contributed by atoms with Gasteiger partial charge in [-0.05, 0) is 54.1 Å². The average Bonchev–Trinajstić information content (AvgIpc) is 3.31. The Morgan fingerprint density at radius 1 is 1.03 bits per heavy atom. The van der Waals surface area contributed by atoms with Gasteiger partial charge in [-0.3, -0.25) is 0 Å². The van der Waals surface area contributed by atoms with Crippen molar-refractivity contribution in [2.24, 2.45) is 5.16 Å². The largest absolute Gasteiger partial charge is 0.493 e. The second-order valence-electron chi connectivity index (χ2n) is 7.66. The minimum Gasteiger partial charge on any atom is -0.493 e. The Hall–Kier alpha value is -4.27. The van der Waals surface area contributed by atoms with Crippen molar-refractivity contribution in [3.05, 3.63) is 95.7 Å². The van der Waals surface area contributed by atoms with Gasteiger partial charge in [-0.1, -0.05) is 17.3 Å². The minimum atomic E-state index is -4.36. The zero-order valence-electron chi connectivity index (χ0n) is 17.7. The smallest absolute Gasteiger partial charge is 0.416 e. The van der Waals surface area contributed by atoms with Crippen LogP contribution >= 0.6 is 0 Å². The van der Waals surface area contributed by atoms with Gasteiger partial charge in [0.2, 0.25) is 0 Å². The van der Waals surface area contributed by atoms with Crippen LogP contribution in [0, 0.1) is 0 Å². The van der Waals surface area contributed by atoms with Crippen LogP contribution in [0.4, 0.5) is 13.2 Å². The van der Waals surface area contributed by atoms with Gasteiger partial charge in [-0.2, -0.15) is 13.2 Å². The monoisotopic (exact) mass is 465 g/mol. The Kier molecular flexibility index (Phi) is 5.45. The molecule has 0 radical (unpaired) electrons. The molecule has 0 atom stereocenters. The molecule has 6 nitrogen and oxygen atoms in total. The fourth-order valence-corrected chi connectivity index (χ4v) is 3.66. The topological polar surface area (TPSA) is 72.3 Å². The summed E-state index contributed by atoms with van der Waals surface area (Å²) in [6.45, 7) is 0.263. The van der Waals surface area contributed by atoms with Gasteiger partial charge in [-0.25, -0.2) is 4.98 Å². The Balaban J connectivity index is 1.35. The highest BCUT2D eigenvalue weighted by atomic mass is 19.4. The first-order chi connectivity index (χ1) is 16.4. The molecule has 0 aliphatic carbocycles. The molecule has 1 N–H and O–H groups in total. The maximum Gasteiger partial charge on any atom is 0.416 e. The van der Waals surface area contributed by atoms with Gasteiger partial charge in [0.15, 0.2) is 5.76 Å². The molecule has 5 aromatic rings. The maximum absolute atomic E-state index is 12.7. The standard InChI is InChI=1S/C25H18F3N3O3/c26-25(27,28)17-5-3-16(4-6-17)9-11-33-19-7-8-23-20(13-19)21(30-32)14-24(34-23)22-12-18-2-1-10-31(18)15-29-22/h1-8,10,12-15,32H,9,11H2. The summed E-state index contributed by atoms with van der Waals surface area (Å²) in [6, 6.07) is 17.4. The molecular formula is C25H18F3N3O3. The molecule has 172 valence electrons. The fourth-order valence-electron chi connectivity index (χ4n) is 3.66. The summed E-state index contributed by atoms with van der Waals surface area (Å²) in [4.78, 5) is 4.40. The van der Waals surface area contributed by atoms with Gasteiger partial charge in [0, 0.05) is 24.2 Å². The van der Waals surface area contributed by atoms with Gasteiger partial charge in [0.1, 0.15) is 22.4 Å². The van der Waals surface area contributed by atoms with Crippen molar-refractivity contribution in [3.8, 4) is 17.2 Å². The number of hydrogen-bond acceptors (Lipinski definition) is 5. The molecule has 5 rings (SSSR count). The Morgan fingerprint density at radius 2 is 1.85 bits per heavy atom. The van der Waals surface area contributed by atoms with Crippen LogP contribution in [-0.4, -0.2) is 21.2 Å². The van der Waals surface area contributed by atoms with Crippen molar-refractivity contribution in [2.75, 3.05) is 6.61 Å². The summed E-state index contributed by atoms with van der Waals surface area (Å²) < 4.78 is 51.7. The van der Waals surface area contributed by atoms with E-state index in [9.17, 15) is 18.4 Å². The Morgan fingerprint density at radius 3 is 2.62 bits per heavy atom. The Labute approximate surface area is 191 Å². The van der Waals surface area contributed by atoms with Gasteiger partial charge >= 0.3 is 6.18 Å². The van der Waals surface area contributed by atoms with Crippen molar-refractivity contribution in [3.63, 3.8) is 0 Å². The molecule has 2 aromatic carbocycles. The number of halogens is 3. The Bertz CT molecular complexity index is 1540. The van der Waals surface area contributed by atoms with E-state index < -0.39 is 11.7 Å². The zero-order chi connectivity index (χ0) is 23.7. The predicted octanol–water partition coefficient (Wildman–Crippen LogP) is 5.68. The molecular weight excluding hydrogens is 447 g/mol. The van der Waals surface area contributed by atoms with Gasteiger partial charge in [0.25, 0.3) is 0 Å².